The molecular formula is C26H23N7O. The fourth-order valence-electron chi connectivity index (χ4n) is 3.77. The average Bonchev–Trinajstić information content (AvgIpc) is 3.42. The van der Waals surface area contributed by atoms with Gasteiger partial charge in [-0.3, -0.25) is 13.6 Å². The zero-order valence-corrected chi connectivity index (χ0v) is 19.1. The summed E-state index contributed by atoms with van der Waals surface area (Å²) in [4.78, 5) is 26.2. The van der Waals surface area contributed by atoms with Crippen molar-refractivity contribution >= 4 is 23.0 Å². The van der Waals surface area contributed by atoms with Gasteiger partial charge in [-0.15, -0.1) is 0 Å². The summed E-state index contributed by atoms with van der Waals surface area (Å²) in [7, 11) is 1.74. The molecule has 0 saturated heterocycles. The molecule has 0 radical (unpaired) electrons. The number of rotatable bonds is 4. The molecule has 0 spiro atoms. The van der Waals surface area contributed by atoms with Crippen molar-refractivity contribution in [2.75, 3.05) is 12.4 Å². The number of likely N-dealkylation sites (N-methyl/N-ethyl adjacent to an activating group) is 1. The first-order valence-electron chi connectivity index (χ1n) is 10.9. The van der Waals surface area contributed by atoms with Gasteiger partial charge in [0.25, 0.3) is 0 Å². The molecule has 0 bridgehead atoms. The van der Waals surface area contributed by atoms with Crippen molar-refractivity contribution in [3.63, 3.8) is 0 Å². The lowest BCUT2D eigenvalue weighted by molar-refractivity contribution is -0.117. The number of amides is 1. The van der Waals surface area contributed by atoms with Gasteiger partial charge in [-0.2, -0.15) is 0 Å². The van der Waals surface area contributed by atoms with Crippen LogP contribution in [-0.4, -0.2) is 42.8 Å². The van der Waals surface area contributed by atoms with Crippen LogP contribution >= 0.6 is 0 Å². The highest BCUT2D eigenvalue weighted by atomic mass is 16.2. The zero-order chi connectivity index (χ0) is 23.7. The normalized spacial score (nSPS) is 11.9. The molecule has 0 aliphatic rings. The lowest BCUT2D eigenvalue weighted by atomic mass is 10.1. The summed E-state index contributed by atoms with van der Waals surface area (Å²) in [5.41, 5.74) is 5.55. The maximum absolute atomic E-state index is 12.4. The molecule has 0 fully saturated rings. The summed E-state index contributed by atoms with van der Waals surface area (Å²) in [6.45, 7) is 3.76. The number of anilines is 1. The first kappa shape index (κ1) is 21.4. The van der Waals surface area contributed by atoms with Gasteiger partial charge in [0.05, 0.1) is 23.6 Å². The van der Waals surface area contributed by atoms with Crippen LogP contribution in [0.3, 0.4) is 0 Å². The largest absolute Gasteiger partial charge is 0.309 e. The Kier molecular flexibility index (Phi) is 5.54. The topological polar surface area (TPSA) is 88.6 Å². The molecule has 8 nitrogen and oxygen atoms in total. The second-order valence-electron chi connectivity index (χ2n) is 7.89. The van der Waals surface area contributed by atoms with Crippen molar-refractivity contribution in [2.45, 2.75) is 19.9 Å². The first-order valence-corrected chi connectivity index (χ1v) is 10.9. The van der Waals surface area contributed by atoms with Gasteiger partial charge in [0.1, 0.15) is 28.5 Å². The summed E-state index contributed by atoms with van der Waals surface area (Å²) in [6, 6.07) is 15.0. The molecule has 2 N–H and O–H groups in total. The molecule has 0 aromatic carbocycles. The number of hydrogen-bond donors (Lipinski definition) is 2. The van der Waals surface area contributed by atoms with Gasteiger partial charge >= 0.3 is 0 Å². The summed E-state index contributed by atoms with van der Waals surface area (Å²) in [5.74, 6) is 6.68. The van der Waals surface area contributed by atoms with Crippen molar-refractivity contribution in [3.8, 4) is 23.1 Å². The number of pyridine rings is 3. The van der Waals surface area contributed by atoms with Gasteiger partial charge in [0, 0.05) is 18.0 Å². The average molecular weight is 450 g/mol. The number of nitrogens with one attached hydrogen (secondary N) is 2. The van der Waals surface area contributed by atoms with Crippen LogP contribution in [0.25, 0.3) is 22.6 Å². The highest BCUT2D eigenvalue weighted by Crippen LogP contribution is 2.28. The van der Waals surface area contributed by atoms with Gasteiger partial charge in [-0.05, 0) is 69.1 Å². The number of aryl methyl sites for hydroxylation is 1. The number of carbonyl (C=O) groups excluding carboxylic acids is 1. The maximum Gasteiger partial charge on any atom is 0.242 e. The van der Waals surface area contributed by atoms with Crippen LogP contribution in [0.15, 0.2) is 67.1 Å². The van der Waals surface area contributed by atoms with Crippen LogP contribution in [0.2, 0.25) is 0 Å². The molecule has 0 aliphatic heterocycles. The summed E-state index contributed by atoms with van der Waals surface area (Å²) in [6.07, 6.45) is 5.63. The number of fused-ring (bicyclic) bond motifs is 2. The van der Waals surface area contributed by atoms with Crippen molar-refractivity contribution in [1.29, 1.82) is 0 Å². The molecule has 168 valence electrons. The van der Waals surface area contributed by atoms with Crippen LogP contribution < -0.4 is 10.6 Å². The predicted molar refractivity (Wildman–Crippen MR) is 131 cm³/mol. The second-order valence-corrected chi connectivity index (χ2v) is 7.89. The minimum Gasteiger partial charge on any atom is -0.309 e. The van der Waals surface area contributed by atoms with E-state index in [1.165, 1.54) is 0 Å². The maximum atomic E-state index is 12.4. The summed E-state index contributed by atoms with van der Waals surface area (Å²) < 4.78 is 3.94. The van der Waals surface area contributed by atoms with Crippen LogP contribution in [-0.2, 0) is 4.79 Å². The minimum atomic E-state index is -0.352. The smallest absolute Gasteiger partial charge is 0.242 e. The predicted octanol–water partition coefficient (Wildman–Crippen LogP) is 3.30. The molecule has 0 aliphatic carbocycles. The fraction of sp³-hybridized carbons (Fsp3) is 0.154. The number of hydrogen-bond acceptors (Lipinski definition) is 5. The Bertz CT molecular complexity index is 1590. The Morgan fingerprint density at radius 2 is 1.74 bits per heavy atom. The molecule has 34 heavy (non-hydrogen) atoms. The quantitative estimate of drug-likeness (QED) is 0.411. The van der Waals surface area contributed by atoms with E-state index in [1.54, 1.807) is 26.2 Å². The monoisotopic (exact) mass is 449 g/mol. The Balaban J connectivity index is 1.65. The van der Waals surface area contributed by atoms with Crippen LogP contribution in [0.1, 0.15) is 24.0 Å². The van der Waals surface area contributed by atoms with E-state index >= 15 is 0 Å². The summed E-state index contributed by atoms with van der Waals surface area (Å²) in [5, 5.41) is 5.79. The molecule has 1 amide bonds. The fourth-order valence-corrected chi connectivity index (χ4v) is 3.77. The molecule has 5 heterocycles. The first-order chi connectivity index (χ1) is 16.5. The molecule has 5 rings (SSSR count). The van der Waals surface area contributed by atoms with Gasteiger partial charge < -0.3 is 10.6 Å². The number of imidazole rings is 2. The molecular weight excluding hydrogens is 426 g/mol. The number of carbonyl (C=O) groups is 1. The standard InChI is InChI=1S/C26H23N7O/c1-17-25(33-15-7-5-9-24(33)29-17)20-11-13-22(31-26(34)18(2)27-3)30-21(20)12-10-19-16-28-23-8-4-6-14-32(19)23/h4-9,11,13-16,18,27H,1-3H3,(H,30,31,34). The van der Waals surface area contributed by atoms with Crippen molar-refractivity contribution < 1.29 is 4.79 Å². The molecule has 8 heteroatoms. The Labute approximate surface area is 196 Å². The van der Waals surface area contributed by atoms with E-state index in [0.717, 1.165) is 33.9 Å². The second kappa shape index (κ2) is 8.81. The van der Waals surface area contributed by atoms with Gasteiger partial charge in [-0.1, -0.05) is 12.1 Å². The molecule has 1 unspecified atom stereocenters. The molecule has 5 aromatic rings. The van der Waals surface area contributed by atoms with Gasteiger partial charge in [0.2, 0.25) is 5.91 Å². The van der Waals surface area contributed by atoms with Crippen molar-refractivity contribution in [2.24, 2.45) is 0 Å². The van der Waals surface area contributed by atoms with E-state index in [-0.39, 0.29) is 11.9 Å². The number of nitrogens with zero attached hydrogens (tertiary/aromatic N) is 5. The van der Waals surface area contributed by atoms with Crippen molar-refractivity contribution in [3.05, 3.63) is 84.2 Å². The molecule has 0 saturated carbocycles. The van der Waals surface area contributed by atoms with Crippen LogP contribution in [0, 0.1) is 18.8 Å². The minimum absolute atomic E-state index is 0.172. The Morgan fingerprint density at radius 1 is 0.971 bits per heavy atom. The molecule has 5 aromatic heterocycles. The molecule has 1 atom stereocenters. The van der Waals surface area contributed by atoms with E-state index in [1.807, 2.05) is 70.6 Å². The lowest BCUT2D eigenvalue weighted by Crippen LogP contribution is -2.35. The summed E-state index contributed by atoms with van der Waals surface area (Å²) >= 11 is 0. The third-order valence-electron chi connectivity index (χ3n) is 5.66. The van der Waals surface area contributed by atoms with E-state index in [2.05, 4.69) is 32.4 Å². The third-order valence-corrected chi connectivity index (χ3v) is 5.66. The Hall–Kier alpha value is -4.48. The third kappa shape index (κ3) is 3.89. The van der Waals surface area contributed by atoms with Crippen LogP contribution in [0.5, 0.6) is 0 Å². The number of aromatic nitrogens is 5. The Morgan fingerprint density at radius 3 is 2.53 bits per heavy atom. The van der Waals surface area contributed by atoms with E-state index < -0.39 is 0 Å². The van der Waals surface area contributed by atoms with Gasteiger partial charge in [-0.25, -0.2) is 15.0 Å². The van der Waals surface area contributed by atoms with E-state index in [0.29, 0.717) is 11.5 Å². The highest BCUT2D eigenvalue weighted by molar-refractivity contribution is 5.94. The van der Waals surface area contributed by atoms with Crippen LogP contribution in [0.4, 0.5) is 5.82 Å². The van der Waals surface area contributed by atoms with Crippen molar-refractivity contribution in [1.82, 2.24) is 29.1 Å². The van der Waals surface area contributed by atoms with E-state index in [9.17, 15) is 4.79 Å². The lowest BCUT2D eigenvalue weighted by Gasteiger charge is -2.12. The van der Waals surface area contributed by atoms with Gasteiger partial charge in [0.15, 0.2) is 0 Å². The highest BCUT2D eigenvalue weighted by Gasteiger charge is 2.17. The SMILES string of the molecule is CNC(C)C(=O)Nc1ccc(-c2c(C)nc3ccccn23)c(C#Cc2cnc3ccccn23)n1. The zero-order valence-electron chi connectivity index (χ0n) is 19.1. The van der Waals surface area contributed by atoms with E-state index in [4.69, 9.17) is 4.98 Å².